The second kappa shape index (κ2) is 8.88. The minimum atomic E-state index is -0.469. The van der Waals surface area contributed by atoms with Crippen molar-refractivity contribution < 1.29 is 14.5 Å². The normalized spacial score (nSPS) is 23.0. The molecule has 7 nitrogen and oxygen atoms in total. The van der Waals surface area contributed by atoms with Gasteiger partial charge in [-0.05, 0) is 55.7 Å². The standard InChI is InChI=1S/C24H27N3O4/c1-16-9-11-19-20(14-16)24(29)26(23(19)28)18-10-12-21(22(15-18)27(30)31)25-13-5-8-17-6-3-2-4-7-17/h2-4,6-7,10,12,15-16,19-20,25H,5,8-9,11,13-14H2,1H3. The van der Waals surface area contributed by atoms with E-state index in [4.69, 9.17) is 0 Å². The molecule has 2 aromatic rings. The van der Waals surface area contributed by atoms with Crippen molar-refractivity contribution >= 4 is 28.9 Å². The number of anilines is 2. The van der Waals surface area contributed by atoms with Gasteiger partial charge >= 0.3 is 0 Å². The Balaban J connectivity index is 1.47. The Morgan fingerprint density at radius 1 is 1.06 bits per heavy atom. The molecule has 1 saturated carbocycles. The minimum absolute atomic E-state index is 0.124. The Morgan fingerprint density at radius 3 is 2.55 bits per heavy atom. The fourth-order valence-electron chi connectivity index (χ4n) is 4.76. The van der Waals surface area contributed by atoms with Crippen LogP contribution < -0.4 is 10.2 Å². The van der Waals surface area contributed by atoms with Crippen molar-refractivity contribution in [3.8, 4) is 0 Å². The summed E-state index contributed by atoms with van der Waals surface area (Å²) in [5, 5.41) is 14.8. The number of imide groups is 1. The summed E-state index contributed by atoms with van der Waals surface area (Å²) in [5.74, 6) is -0.626. The number of nitro benzene ring substituents is 1. The maximum absolute atomic E-state index is 12.9. The number of benzene rings is 2. The molecule has 3 unspecified atom stereocenters. The maximum Gasteiger partial charge on any atom is 0.294 e. The predicted molar refractivity (Wildman–Crippen MR) is 119 cm³/mol. The molecule has 0 aromatic heterocycles. The zero-order valence-corrected chi connectivity index (χ0v) is 17.6. The summed E-state index contributed by atoms with van der Waals surface area (Å²) >= 11 is 0. The SMILES string of the molecule is CC1CCC2C(=O)N(c3ccc(NCCCc4ccccc4)c([N+](=O)[O-])c3)C(=O)C2C1. The third-order valence-corrected chi connectivity index (χ3v) is 6.42. The lowest BCUT2D eigenvalue weighted by Crippen LogP contribution is -2.31. The van der Waals surface area contributed by atoms with Gasteiger partial charge in [0.05, 0.1) is 22.4 Å². The van der Waals surface area contributed by atoms with Gasteiger partial charge in [-0.25, -0.2) is 4.90 Å². The van der Waals surface area contributed by atoms with Crippen molar-refractivity contribution in [3.63, 3.8) is 0 Å². The maximum atomic E-state index is 12.9. The average molecular weight is 421 g/mol. The fourth-order valence-corrected chi connectivity index (χ4v) is 4.76. The Bertz CT molecular complexity index is 992. The summed E-state index contributed by atoms with van der Waals surface area (Å²) in [7, 11) is 0. The van der Waals surface area contributed by atoms with E-state index in [2.05, 4.69) is 24.4 Å². The van der Waals surface area contributed by atoms with E-state index in [1.54, 1.807) is 12.1 Å². The van der Waals surface area contributed by atoms with Crippen LogP contribution in [0.1, 0.15) is 38.2 Å². The molecule has 31 heavy (non-hydrogen) atoms. The van der Waals surface area contributed by atoms with Crippen LogP contribution in [0.3, 0.4) is 0 Å². The van der Waals surface area contributed by atoms with Gasteiger partial charge in [0.25, 0.3) is 5.69 Å². The molecule has 1 saturated heterocycles. The van der Waals surface area contributed by atoms with E-state index in [0.29, 0.717) is 36.7 Å². The monoisotopic (exact) mass is 421 g/mol. The van der Waals surface area contributed by atoms with Crippen LogP contribution in [-0.4, -0.2) is 23.3 Å². The molecule has 2 fully saturated rings. The van der Waals surface area contributed by atoms with Crippen molar-refractivity contribution in [1.82, 2.24) is 0 Å². The van der Waals surface area contributed by atoms with E-state index < -0.39 is 4.92 Å². The Hall–Kier alpha value is -3.22. The number of hydrogen-bond donors (Lipinski definition) is 1. The van der Waals surface area contributed by atoms with Crippen molar-refractivity contribution in [2.75, 3.05) is 16.8 Å². The van der Waals surface area contributed by atoms with E-state index in [-0.39, 0.29) is 29.3 Å². The molecular weight excluding hydrogens is 394 g/mol. The molecule has 2 aliphatic rings. The molecule has 1 aliphatic carbocycles. The van der Waals surface area contributed by atoms with Crippen molar-refractivity contribution in [2.24, 2.45) is 17.8 Å². The van der Waals surface area contributed by atoms with Gasteiger partial charge in [-0.3, -0.25) is 19.7 Å². The first-order valence-electron chi connectivity index (χ1n) is 10.9. The molecule has 2 aromatic carbocycles. The number of amides is 2. The highest BCUT2D eigenvalue weighted by Crippen LogP contribution is 2.43. The number of rotatable bonds is 7. The van der Waals surface area contributed by atoms with Crippen LogP contribution in [0.15, 0.2) is 48.5 Å². The summed E-state index contributed by atoms with van der Waals surface area (Å²) in [4.78, 5) is 38.2. The zero-order chi connectivity index (χ0) is 22.0. The van der Waals surface area contributed by atoms with Crippen LogP contribution in [-0.2, 0) is 16.0 Å². The van der Waals surface area contributed by atoms with Gasteiger partial charge < -0.3 is 5.32 Å². The molecule has 0 spiro atoms. The summed E-state index contributed by atoms with van der Waals surface area (Å²) in [6, 6.07) is 14.6. The first kappa shape index (κ1) is 21.0. The van der Waals surface area contributed by atoms with Crippen LogP contribution in [0.2, 0.25) is 0 Å². The molecule has 1 N–H and O–H groups in total. The molecule has 1 aliphatic heterocycles. The van der Waals surface area contributed by atoms with E-state index >= 15 is 0 Å². The Kier molecular flexibility index (Phi) is 6.02. The highest BCUT2D eigenvalue weighted by Gasteiger charge is 2.50. The van der Waals surface area contributed by atoms with Gasteiger partial charge in [0.1, 0.15) is 5.69 Å². The number of carbonyl (C=O) groups excluding carboxylic acids is 2. The Morgan fingerprint density at radius 2 is 1.81 bits per heavy atom. The van der Waals surface area contributed by atoms with Crippen LogP contribution in [0.5, 0.6) is 0 Å². The van der Waals surface area contributed by atoms with Gasteiger partial charge in [-0.2, -0.15) is 0 Å². The first-order valence-corrected chi connectivity index (χ1v) is 10.9. The number of nitro groups is 1. The van der Waals surface area contributed by atoms with Gasteiger partial charge in [0.15, 0.2) is 0 Å². The molecule has 4 rings (SSSR count). The quantitative estimate of drug-likeness (QED) is 0.306. The summed E-state index contributed by atoms with van der Waals surface area (Å²) in [6.45, 7) is 2.68. The summed E-state index contributed by atoms with van der Waals surface area (Å²) in [6.07, 6.45) is 4.04. The van der Waals surface area contributed by atoms with Crippen molar-refractivity contribution in [3.05, 3.63) is 64.2 Å². The predicted octanol–water partition coefficient (Wildman–Crippen LogP) is 4.57. The minimum Gasteiger partial charge on any atom is -0.379 e. The van der Waals surface area contributed by atoms with E-state index in [0.717, 1.165) is 19.3 Å². The van der Waals surface area contributed by atoms with Gasteiger partial charge in [-0.15, -0.1) is 0 Å². The third kappa shape index (κ3) is 4.31. The lowest BCUT2D eigenvalue weighted by Gasteiger charge is -2.25. The van der Waals surface area contributed by atoms with Gasteiger partial charge in [0.2, 0.25) is 11.8 Å². The highest BCUT2D eigenvalue weighted by atomic mass is 16.6. The molecule has 162 valence electrons. The van der Waals surface area contributed by atoms with Crippen LogP contribution in [0.4, 0.5) is 17.1 Å². The van der Waals surface area contributed by atoms with E-state index in [1.807, 2.05) is 18.2 Å². The highest BCUT2D eigenvalue weighted by molar-refractivity contribution is 6.22. The fraction of sp³-hybridized carbons (Fsp3) is 0.417. The zero-order valence-electron chi connectivity index (χ0n) is 17.6. The van der Waals surface area contributed by atoms with E-state index in [1.165, 1.54) is 16.5 Å². The van der Waals surface area contributed by atoms with Crippen LogP contribution >= 0.6 is 0 Å². The van der Waals surface area contributed by atoms with Crippen molar-refractivity contribution in [1.29, 1.82) is 0 Å². The van der Waals surface area contributed by atoms with E-state index in [9.17, 15) is 19.7 Å². The number of hydrogen-bond acceptors (Lipinski definition) is 5. The van der Waals surface area contributed by atoms with Crippen molar-refractivity contribution in [2.45, 2.75) is 39.0 Å². The molecule has 0 bridgehead atoms. The van der Waals surface area contributed by atoms with Gasteiger partial charge in [0, 0.05) is 12.6 Å². The second-order valence-corrected chi connectivity index (χ2v) is 8.62. The largest absolute Gasteiger partial charge is 0.379 e. The second-order valence-electron chi connectivity index (χ2n) is 8.62. The smallest absolute Gasteiger partial charge is 0.294 e. The molecule has 3 atom stereocenters. The molecule has 1 heterocycles. The number of nitrogens with zero attached hydrogens (tertiary/aromatic N) is 2. The van der Waals surface area contributed by atoms with Crippen LogP contribution in [0, 0.1) is 27.9 Å². The van der Waals surface area contributed by atoms with Crippen LogP contribution in [0.25, 0.3) is 0 Å². The van der Waals surface area contributed by atoms with Gasteiger partial charge in [-0.1, -0.05) is 37.3 Å². The average Bonchev–Trinajstić information content (AvgIpc) is 3.01. The molecular formula is C24H27N3O4. The summed E-state index contributed by atoms with van der Waals surface area (Å²) in [5.41, 5.74) is 1.78. The third-order valence-electron chi connectivity index (χ3n) is 6.42. The molecule has 7 heteroatoms. The topological polar surface area (TPSA) is 92.6 Å². The number of carbonyl (C=O) groups is 2. The lowest BCUT2D eigenvalue weighted by atomic mass is 9.76. The Labute approximate surface area is 181 Å². The molecule has 2 amide bonds. The molecule has 0 radical (unpaired) electrons. The summed E-state index contributed by atoms with van der Waals surface area (Å²) < 4.78 is 0. The first-order chi connectivity index (χ1) is 15.0. The lowest BCUT2D eigenvalue weighted by molar-refractivity contribution is -0.383. The number of nitrogens with one attached hydrogen (secondary N) is 1. The number of aryl methyl sites for hydroxylation is 1. The number of fused-ring (bicyclic) bond motifs is 1.